The van der Waals surface area contributed by atoms with Gasteiger partial charge in [-0.05, 0) is 30.7 Å². The predicted molar refractivity (Wildman–Crippen MR) is 77.3 cm³/mol. The van der Waals surface area contributed by atoms with Crippen LogP contribution in [0, 0.1) is 0 Å². The molecule has 0 atom stereocenters. The summed E-state index contributed by atoms with van der Waals surface area (Å²) in [4.78, 5) is 13.3. The highest BCUT2D eigenvalue weighted by molar-refractivity contribution is 7.92. The maximum absolute atomic E-state index is 11.7. The van der Waals surface area contributed by atoms with Crippen molar-refractivity contribution >= 4 is 27.3 Å². The molecular weight excluding hydrogens is 280 g/mol. The minimum absolute atomic E-state index is 0.0874. The van der Waals surface area contributed by atoms with E-state index in [0.29, 0.717) is 25.3 Å². The van der Waals surface area contributed by atoms with E-state index in [9.17, 15) is 13.2 Å². The highest BCUT2D eigenvalue weighted by atomic mass is 32.2. The van der Waals surface area contributed by atoms with Gasteiger partial charge in [0.15, 0.2) is 0 Å². The van der Waals surface area contributed by atoms with E-state index in [1.165, 1.54) is 0 Å². The van der Waals surface area contributed by atoms with E-state index in [0.717, 1.165) is 5.69 Å². The van der Waals surface area contributed by atoms with Crippen molar-refractivity contribution in [2.45, 2.75) is 13.3 Å². The molecule has 2 rings (SSSR count). The largest absolute Gasteiger partial charge is 0.370 e. The van der Waals surface area contributed by atoms with Gasteiger partial charge in [0.05, 0.1) is 12.4 Å². The van der Waals surface area contributed by atoms with Crippen LogP contribution >= 0.6 is 0 Å². The summed E-state index contributed by atoms with van der Waals surface area (Å²) in [7, 11) is -3.28. The number of nitrogens with zero attached hydrogens (tertiary/aromatic N) is 1. The van der Waals surface area contributed by atoms with Crippen molar-refractivity contribution in [3.8, 4) is 0 Å². The number of anilines is 2. The van der Waals surface area contributed by atoms with Crippen LogP contribution in [0.4, 0.5) is 11.4 Å². The quantitative estimate of drug-likeness (QED) is 0.886. The lowest BCUT2D eigenvalue weighted by Crippen LogP contribution is -2.41. The molecule has 0 aliphatic carbocycles. The van der Waals surface area contributed by atoms with Gasteiger partial charge in [0.1, 0.15) is 6.61 Å². The van der Waals surface area contributed by atoms with Crippen LogP contribution in [0.25, 0.3) is 0 Å². The number of sulfonamides is 1. The van der Waals surface area contributed by atoms with Crippen molar-refractivity contribution in [2.75, 3.05) is 35.1 Å². The lowest BCUT2D eigenvalue weighted by molar-refractivity contribution is -0.125. The first-order valence-corrected chi connectivity index (χ1v) is 8.16. The van der Waals surface area contributed by atoms with Crippen molar-refractivity contribution in [3.05, 3.63) is 24.3 Å². The Morgan fingerprint density at radius 1 is 1.30 bits per heavy atom. The molecule has 7 heteroatoms. The molecule has 0 radical (unpaired) electrons. The standard InChI is InChI=1S/C13H18N2O4S/c1-2-9-20(17,18)14-11-3-5-12(6-4-11)15-7-8-19-10-13(15)16/h3-6,14H,2,7-10H2,1H3. The minimum Gasteiger partial charge on any atom is -0.370 e. The summed E-state index contributed by atoms with van der Waals surface area (Å²) < 4.78 is 30.9. The molecule has 20 heavy (non-hydrogen) atoms. The summed E-state index contributed by atoms with van der Waals surface area (Å²) in [5, 5.41) is 0. The van der Waals surface area contributed by atoms with Gasteiger partial charge in [0.25, 0.3) is 5.91 Å². The van der Waals surface area contributed by atoms with Crippen molar-refractivity contribution in [2.24, 2.45) is 0 Å². The van der Waals surface area contributed by atoms with Gasteiger partial charge in [-0.15, -0.1) is 0 Å². The highest BCUT2D eigenvalue weighted by Crippen LogP contribution is 2.20. The number of hydrogen-bond acceptors (Lipinski definition) is 4. The maximum Gasteiger partial charge on any atom is 0.253 e. The van der Waals surface area contributed by atoms with Crippen LogP contribution in [0.5, 0.6) is 0 Å². The Kier molecular flexibility index (Phi) is 4.61. The molecule has 1 amide bonds. The van der Waals surface area contributed by atoms with Crippen LogP contribution in [0.3, 0.4) is 0 Å². The number of hydrogen-bond donors (Lipinski definition) is 1. The Labute approximate surface area is 118 Å². The van der Waals surface area contributed by atoms with E-state index in [4.69, 9.17) is 4.74 Å². The van der Waals surface area contributed by atoms with Gasteiger partial charge in [0, 0.05) is 17.9 Å². The third kappa shape index (κ3) is 3.71. The molecular formula is C13H18N2O4S. The number of morpholine rings is 1. The summed E-state index contributed by atoms with van der Waals surface area (Å²) in [6.07, 6.45) is 0.565. The predicted octanol–water partition coefficient (Wildman–Crippen LogP) is 1.20. The number of amides is 1. The Hall–Kier alpha value is -1.60. The summed E-state index contributed by atoms with van der Waals surface area (Å²) in [6, 6.07) is 6.77. The second kappa shape index (κ2) is 6.23. The van der Waals surface area contributed by atoms with Gasteiger partial charge >= 0.3 is 0 Å². The van der Waals surface area contributed by atoms with Crippen molar-refractivity contribution < 1.29 is 17.9 Å². The highest BCUT2D eigenvalue weighted by Gasteiger charge is 2.20. The van der Waals surface area contributed by atoms with E-state index in [2.05, 4.69) is 4.72 Å². The molecule has 0 bridgehead atoms. The smallest absolute Gasteiger partial charge is 0.253 e. The third-order valence-corrected chi connectivity index (χ3v) is 4.40. The third-order valence-electron chi connectivity index (χ3n) is 2.91. The van der Waals surface area contributed by atoms with E-state index in [1.807, 2.05) is 6.92 Å². The Morgan fingerprint density at radius 3 is 2.60 bits per heavy atom. The minimum atomic E-state index is -3.28. The summed E-state index contributed by atoms with van der Waals surface area (Å²) in [5.41, 5.74) is 1.25. The monoisotopic (exact) mass is 298 g/mol. The second-order valence-corrected chi connectivity index (χ2v) is 6.41. The zero-order valence-corrected chi connectivity index (χ0v) is 12.1. The van der Waals surface area contributed by atoms with Gasteiger partial charge in [0.2, 0.25) is 10.0 Å². The van der Waals surface area contributed by atoms with Crippen LogP contribution in [0.1, 0.15) is 13.3 Å². The van der Waals surface area contributed by atoms with E-state index in [-0.39, 0.29) is 18.3 Å². The molecule has 1 heterocycles. The zero-order valence-electron chi connectivity index (χ0n) is 11.3. The number of rotatable bonds is 5. The van der Waals surface area contributed by atoms with Gasteiger partial charge < -0.3 is 9.64 Å². The first-order valence-electron chi connectivity index (χ1n) is 6.50. The van der Waals surface area contributed by atoms with Gasteiger partial charge in [-0.2, -0.15) is 0 Å². The van der Waals surface area contributed by atoms with Crippen LogP contribution in [-0.4, -0.2) is 39.8 Å². The average molecular weight is 298 g/mol. The molecule has 0 unspecified atom stereocenters. The van der Waals surface area contributed by atoms with Crippen molar-refractivity contribution in [3.63, 3.8) is 0 Å². The molecule has 110 valence electrons. The van der Waals surface area contributed by atoms with E-state index < -0.39 is 10.0 Å². The lowest BCUT2D eigenvalue weighted by atomic mass is 10.2. The number of carbonyl (C=O) groups excluding carboxylic acids is 1. The van der Waals surface area contributed by atoms with Crippen molar-refractivity contribution in [1.29, 1.82) is 0 Å². The Balaban J connectivity index is 2.08. The normalized spacial score (nSPS) is 16.2. The van der Waals surface area contributed by atoms with Crippen molar-refractivity contribution in [1.82, 2.24) is 0 Å². The molecule has 0 spiro atoms. The van der Waals surface area contributed by atoms with Crippen LogP contribution < -0.4 is 9.62 Å². The molecule has 1 N–H and O–H groups in total. The molecule has 1 aromatic carbocycles. The number of ether oxygens (including phenoxy) is 1. The summed E-state index contributed by atoms with van der Waals surface area (Å²) in [5.74, 6) is 0.00651. The lowest BCUT2D eigenvalue weighted by Gasteiger charge is -2.26. The summed E-state index contributed by atoms with van der Waals surface area (Å²) >= 11 is 0. The molecule has 1 aromatic rings. The van der Waals surface area contributed by atoms with Gasteiger partial charge in [-0.25, -0.2) is 8.42 Å². The molecule has 1 aliphatic heterocycles. The average Bonchev–Trinajstić information content (AvgIpc) is 2.40. The summed E-state index contributed by atoms with van der Waals surface area (Å²) in [6.45, 7) is 2.92. The number of nitrogens with one attached hydrogen (secondary N) is 1. The topological polar surface area (TPSA) is 75.7 Å². The fourth-order valence-corrected chi connectivity index (χ4v) is 3.13. The SMILES string of the molecule is CCCS(=O)(=O)Nc1ccc(N2CCOCC2=O)cc1. The molecule has 6 nitrogen and oxygen atoms in total. The van der Waals surface area contributed by atoms with Crippen LogP contribution in [0.2, 0.25) is 0 Å². The molecule has 1 fully saturated rings. The first kappa shape index (κ1) is 14.8. The van der Waals surface area contributed by atoms with E-state index >= 15 is 0 Å². The molecule has 1 saturated heterocycles. The van der Waals surface area contributed by atoms with Gasteiger partial charge in [-0.3, -0.25) is 9.52 Å². The molecule has 0 saturated carbocycles. The molecule has 1 aliphatic rings. The maximum atomic E-state index is 11.7. The Morgan fingerprint density at radius 2 is 2.00 bits per heavy atom. The first-order chi connectivity index (χ1) is 9.52. The van der Waals surface area contributed by atoms with Gasteiger partial charge in [-0.1, -0.05) is 6.92 Å². The zero-order chi connectivity index (χ0) is 14.6. The fraction of sp³-hybridized carbons (Fsp3) is 0.462. The number of carbonyl (C=O) groups is 1. The molecule has 0 aromatic heterocycles. The van der Waals surface area contributed by atoms with Crippen LogP contribution in [-0.2, 0) is 19.6 Å². The van der Waals surface area contributed by atoms with Crippen LogP contribution in [0.15, 0.2) is 24.3 Å². The van der Waals surface area contributed by atoms with E-state index in [1.54, 1.807) is 29.2 Å². The second-order valence-electron chi connectivity index (χ2n) is 4.57. The number of benzene rings is 1. The Bertz CT molecular complexity index is 569. The fourth-order valence-electron chi connectivity index (χ4n) is 2.00.